The largest absolute Gasteiger partial charge is 0.386 e. The van der Waals surface area contributed by atoms with Gasteiger partial charge in [0.25, 0.3) is 0 Å². The van der Waals surface area contributed by atoms with E-state index in [9.17, 15) is 9.90 Å². The summed E-state index contributed by atoms with van der Waals surface area (Å²) in [6, 6.07) is 0. The highest BCUT2D eigenvalue weighted by Crippen LogP contribution is 2.16. The van der Waals surface area contributed by atoms with Crippen molar-refractivity contribution in [2.75, 3.05) is 19.8 Å². The van der Waals surface area contributed by atoms with E-state index in [1.807, 2.05) is 6.92 Å². The molecule has 20 heavy (non-hydrogen) atoms. The second-order valence-corrected chi connectivity index (χ2v) is 5.16. The monoisotopic (exact) mass is 283 g/mol. The zero-order chi connectivity index (χ0) is 14.4. The van der Waals surface area contributed by atoms with Crippen molar-refractivity contribution in [1.29, 1.82) is 0 Å². The molecule has 1 fully saturated rings. The zero-order valence-electron chi connectivity index (χ0n) is 11.7. The van der Waals surface area contributed by atoms with E-state index in [4.69, 9.17) is 9.26 Å². The number of aromatic nitrogens is 2. The molecule has 1 unspecified atom stereocenters. The molecule has 0 aromatic carbocycles. The van der Waals surface area contributed by atoms with E-state index in [0.29, 0.717) is 31.2 Å². The smallest absolute Gasteiger partial charge is 0.227 e. The molecule has 0 spiro atoms. The predicted molar refractivity (Wildman–Crippen MR) is 70.0 cm³/mol. The van der Waals surface area contributed by atoms with Gasteiger partial charge in [-0.3, -0.25) is 4.79 Å². The van der Waals surface area contributed by atoms with Gasteiger partial charge in [0.05, 0.1) is 6.61 Å². The number of aliphatic hydroxyl groups is 1. The number of amides is 1. The maximum Gasteiger partial charge on any atom is 0.227 e. The van der Waals surface area contributed by atoms with E-state index < -0.39 is 5.60 Å². The van der Waals surface area contributed by atoms with E-state index >= 15 is 0 Å². The Bertz CT molecular complexity index is 441. The molecule has 1 amide bonds. The number of hydrogen-bond donors (Lipinski definition) is 2. The van der Waals surface area contributed by atoms with Crippen LogP contribution in [0.2, 0.25) is 0 Å². The summed E-state index contributed by atoms with van der Waals surface area (Å²) in [6.45, 7) is 3.07. The summed E-state index contributed by atoms with van der Waals surface area (Å²) in [5.74, 6) is 1.02. The Labute approximate surface area is 117 Å². The molecule has 1 aliphatic heterocycles. The third-order valence-electron chi connectivity index (χ3n) is 3.25. The van der Waals surface area contributed by atoms with Crippen LogP contribution in [0.25, 0.3) is 0 Å². The van der Waals surface area contributed by atoms with Crippen molar-refractivity contribution in [2.24, 2.45) is 0 Å². The Hall–Kier alpha value is -1.47. The number of carbonyl (C=O) groups is 1. The van der Waals surface area contributed by atoms with Gasteiger partial charge in [0, 0.05) is 38.8 Å². The summed E-state index contributed by atoms with van der Waals surface area (Å²) < 4.78 is 10.2. The number of nitrogens with zero attached hydrogens (tertiary/aromatic N) is 2. The molecule has 2 heterocycles. The zero-order valence-corrected chi connectivity index (χ0v) is 11.7. The number of nitrogens with one attached hydrogen (secondary N) is 1. The highest BCUT2D eigenvalue weighted by Gasteiger charge is 2.32. The van der Waals surface area contributed by atoms with Crippen molar-refractivity contribution in [1.82, 2.24) is 15.5 Å². The molecule has 0 saturated carbocycles. The quantitative estimate of drug-likeness (QED) is 0.743. The van der Waals surface area contributed by atoms with Crippen molar-refractivity contribution >= 4 is 5.91 Å². The molecule has 1 aliphatic rings. The number of aryl methyl sites for hydroxylation is 2. The molecule has 2 N–H and O–H groups in total. The van der Waals surface area contributed by atoms with Crippen LogP contribution in [0.3, 0.4) is 0 Å². The van der Waals surface area contributed by atoms with Crippen LogP contribution in [-0.2, 0) is 22.4 Å². The highest BCUT2D eigenvalue weighted by molar-refractivity contribution is 5.76. The van der Waals surface area contributed by atoms with Crippen molar-refractivity contribution in [3.8, 4) is 0 Å². The fourth-order valence-corrected chi connectivity index (χ4v) is 2.02. The lowest BCUT2D eigenvalue weighted by Gasteiger charge is -2.20. The van der Waals surface area contributed by atoms with E-state index in [1.54, 1.807) is 0 Å². The van der Waals surface area contributed by atoms with E-state index in [-0.39, 0.29) is 25.5 Å². The second kappa shape index (κ2) is 6.81. The van der Waals surface area contributed by atoms with Gasteiger partial charge in [0.1, 0.15) is 5.60 Å². The number of rotatable bonds is 7. The van der Waals surface area contributed by atoms with Crippen molar-refractivity contribution in [3.05, 3.63) is 11.7 Å². The minimum absolute atomic E-state index is 0.138. The van der Waals surface area contributed by atoms with Crippen molar-refractivity contribution in [3.63, 3.8) is 0 Å². The number of hydrogen-bond acceptors (Lipinski definition) is 6. The van der Waals surface area contributed by atoms with Crippen LogP contribution >= 0.6 is 0 Å². The van der Waals surface area contributed by atoms with Gasteiger partial charge >= 0.3 is 0 Å². The molecule has 1 aromatic heterocycles. The van der Waals surface area contributed by atoms with Crippen LogP contribution < -0.4 is 5.32 Å². The van der Waals surface area contributed by atoms with Crippen LogP contribution in [0.1, 0.15) is 37.9 Å². The summed E-state index contributed by atoms with van der Waals surface area (Å²) in [5.41, 5.74) is -0.922. The number of ether oxygens (including phenoxy) is 1. The Kier molecular flexibility index (Phi) is 5.08. The van der Waals surface area contributed by atoms with E-state index in [0.717, 1.165) is 12.8 Å². The first kappa shape index (κ1) is 14.9. The molecule has 112 valence electrons. The molecule has 7 nitrogen and oxygen atoms in total. The van der Waals surface area contributed by atoms with Crippen LogP contribution in [-0.4, -0.2) is 46.5 Å². The van der Waals surface area contributed by atoms with Crippen LogP contribution in [0.4, 0.5) is 0 Å². The van der Waals surface area contributed by atoms with Gasteiger partial charge in [0.15, 0.2) is 5.82 Å². The molecule has 1 saturated heterocycles. The first-order valence-electron chi connectivity index (χ1n) is 6.99. The molecule has 1 atom stereocenters. The normalized spacial score (nSPS) is 22.1. The first-order valence-corrected chi connectivity index (χ1v) is 6.99. The molecule has 0 aliphatic carbocycles. The van der Waals surface area contributed by atoms with Gasteiger partial charge in [-0.15, -0.1) is 0 Å². The second-order valence-electron chi connectivity index (χ2n) is 5.16. The first-order chi connectivity index (χ1) is 9.61. The maximum absolute atomic E-state index is 11.7. The Balaban J connectivity index is 1.69. The molecule has 7 heteroatoms. The molecule has 0 bridgehead atoms. The lowest BCUT2D eigenvalue weighted by molar-refractivity contribution is -0.122. The minimum atomic E-state index is -0.922. The fraction of sp³-hybridized carbons (Fsp3) is 0.769. The Morgan fingerprint density at radius 2 is 2.35 bits per heavy atom. The SMILES string of the molecule is CCCc1noc(CCC(=O)NCC2(O)CCOC2)n1. The lowest BCUT2D eigenvalue weighted by atomic mass is 10.0. The topological polar surface area (TPSA) is 97.5 Å². The van der Waals surface area contributed by atoms with Gasteiger partial charge in [0.2, 0.25) is 11.8 Å². The Morgan fingerprint density at radius 1 is 1.50 bits per heavy atom. The molecule has 0 radical (unpaired) electrons. The van der Waals surface area contributed by atoms with Gasteiger partial charge < -0.3 is 19.7 Å². The van der Waals surface area contributed by atoms with E-state index in [1.165, 1.54) is 0 Å². The summed E-state index contributed by atoms with van der Waals surface area (Å²) in [4.78, 5) is 15.9. The number of carbonyl (C=O) groups excluding carboxylic acids is 1. The molecular formula is C13H21N3O4. The Morgan fingerprint density at radius 3 is 3.05 bits per heavy atom. The molecular weight excluding hydrogens is 262 g/mol. The van der Waals surface area contributed by atoms with Gasteiger partial charge in [-0.2, -0.15) is 4.98 Å². The van der Waals surface area contributed by atoms with Crippen molar-refractivity contribution in [2.45, 2.75) is 44.6 Å². The highest BCUT2D eigenvalue weighted by atomic mass is 16.5. The molecule has 1 aromatic rings. The maximum atomic E-state index is 11.7. The average Bonchev–Trinajstić information content (AvgIpc) is 3.05. The third-order valence-corrected chi connectivity index (χ3v) is 3.25. The van der Waals surface area contributed by atoms with Crippen LogP contribution in [0, 0.1) is 0 Å². The van der Waals surface area contributed by atoms with E-state index in [2.05, 4.69) is 15.5 Å². The minimum Gasteiger partial charge on any atom is -0.386 e. The molecule has 2 rings (SSSR count). The average molecular weight is 283 g/mol. The van der Waals surface area contributed by atoms with Gasteiger partial charge in [-0.25, -0.2) is 0 Å². The van der Waals surface area contributed by atoms with Gasteiger partial charge in [-0.05, 0) is 6.42 Å². The fourth-order valence-electron chi connectivity index (χ4n) is 2.02. The summed E-state index contributed by atoms with van der Waals surface area (Å²) in [6.07, 6.45) is 2.97. The summed E-state index contributed by atoms with van der Waals surface area (Å²) in [7, 11) is 0. The predicted octanol–water partition coefficient (Wildman–Crippen LogP) is 0.222. The lowest BCUT2D eigenvalue weighted by Crippen LogP contribution is -2.43. The standard InChI is InChI=1S/C13H21N3O4/c1-2-3-10-15-12(20-16-10)5-4-11(17)14-8-13(18)6-7-19-9-13/h18H,2-9H2,1H3,(H,14,17). The van der Waals surface area contributed by atoms with Crippen molar-refractivity contribution < 1.29 is 19.2 Å². The van der Waals surface area contributed by atoms with Gasteiger partial charge in [-0.1, -0.05) is 12.1 Å². The summed E-state index contributed by atoms with van der Waals surface area (Å²) >= 11 is 0. The summed E-state index contributed by atoms with van der Waals surface area (Å²) in [5, 5.41) is 16.5. The third kappa shape index (κ3) is 4.28. The van der Waals surface area contributed by atoms with Crippen LogP contribution in [0.15, 0.2) is 4.52 Å². The van der Waals surface area contributed by atoms with Crippen LogP contribution in [0.5, 0.6) is 0 Å².